The smallest absolute Gasteiger partial charge is 0.191 e. The van der Waals surface area contributed by atoms with Crippen molar-refractivity contribution in [2.75, 3.05) is 32.8 Å². The number of nitrogens with one attached hydrogen (secondary N) is 2. The third-order valence-corrected chi connectivity index (χ3v) is 6.15. The van der Waals surface area contributed by atoms with Crippen molar-refractivity contribution in [1.29, 1.82) is 0 Å². The summed E-state index contributed by atoms with van der Waals surface area (Å²) in [4.78, 5) is 7.42. The van der Waals surface area contributed by atoms with Crippen molar-refractivity contribution >= 4 is 5.96 Å². The molecule has 2 fully saturated rings. The van der Waals surface area contributed by atoms with Crippen LogP contribution in [0.2, 0.25) is 0 Å². The van der Waals surface area contributed by atoms with Crippen LogP contribution in [0.3, 0.4) is 0 Å². The normalized spacial score (nSPS) is 21.2. The molecule has 0 radical (unpaired) electrons. The highest BCUT2D eigenvalue weighted by Gasteiger charge is 2.20. The van der Waals surface area contributed by atoms with Gasteiger partial charge in [0.25, 0.3) is 0 Å². The zero-order valence-corrected chi connectivity index (χ0v) is 18.5. The number of aliphatic imine (C=N–C) groups is 1. The van der Waals surface area contributed by atoms with Crippen molar-refractivity contribution in [1.82, 2.24) is 15.5 Å². The van der Waals surface area contributed by atoms with Crippen LogP contribution in [-0.4, -0.2) is 55.8 Å². The fraction of sp³-hybridized carbons (Fsp3) is 0.560. The van der Waals surface area contributed by atoms with Gasteiger partial charge in [-0.15, -0.1) is 0 Å². The van der Waals surface area contributed by atoms with Crippen molar-refractivity contribution in [3.63, 3.8) is 0 Å². The quantitative estimate of drug-likeness (QED) is 0.501. The van der Waals surface area contributed by atoms with E-state index in [0.29, 0.717) is 6.04 Å². The van der Waals surface area contributed by atoms with E-state index in [0.717, 1.165) is 76.7 Å². The van der Waals surface area contributed by atoms with E-state index in [-0.39, 0.29) is 6.10 Å². The molecule has 168 valence electrons. The van der Waals surface area contributed by atoms with E-state index in [2.05, 4.69) is 45.9 Å². The molecular weight excluding hydrogens is 388 g/mol. The molecule has 1 atom stereocenters. The van der Waals surface area contributed by atoms with Gasteiger partial charge in [-0.1, -0.05) is 30.3 Å². The van der Waals surface area contributed by atoms with Crippen LogP contribution in [0.4, 0.5) is 0 Å². The van der Waals surface area contributed by atoms with E-state index >= 15 is 0 Å². The molecule has 0 saturated carbocycles. The minimum absolute atomic E-state index is 0.255. The summed E-state index contributed by atoms with van der Waals surface area (Å²) < 4.78 is 11.3. The SMILES string of the molecule is c1ccc(CN2CCC(NC(=NCC3CCCCO3)NCCc3ccco3)CC2)cc1. The largest absolute Gasteiger partial charge is 0.469 e. The van der Waals surface area contributed by atoms with Crippen LogP contribution >= 0.6 is 0 Å². The van der Waals surface area contributed by atoms with Crippen LogP contribution in [0, 0.1) is 0 Å². The van der Waals surface area contributed by atoms with Crippen LogP contribution in [-0.2, 0) is 17.7 Å². The fourth-order valence-corrected chi connectivity index (χ4v) is 4.33. The third kappa shape index (κ3) is 7.40. The van der Waals surface area contributed by atoms with E-state index in [1.807, 2.05) is 12.1 Å². The molecule has 0 amide bonds. The van der Waals surface area contributed by atoms with Gasteiger partial charge < -0.3 is 19.8 Å². The number of furan rings is 1. The number of ether oxygens (including phenoxy) is 1. The first kappa shape index (κ1) is 21.9. The second kappa shape index (κ2) is 11.9. The molecule has 2 N–H and O–H groups in total. The predicted octanol–water partition coefficient (Wildman–Crippen LogP) is 3.59. The maximum atomic E-state index is 5.87. The molecule has 0 bridgehead atoms. The molecule has 1 unspecified atom stereocenters. The monoisotopic (exact) mass is 424 g/mol. The highest BCUT2D eigenvalue weighted by Crippen LogP contribution is 2.15. The van der Waals surface area contributed by atoms with Gasteiger partial charge in [0.15, 0.2) is 5.96 Å². The summed E-state index contributed by atoms with van der Waals surface area (Å²) in [7, 11) is 0. The number of hydrogen-bond donors (Lipinski definition) is 2. The molecule has 4 rings (SSSR count). The lowest BCUT2D eigenvalue weighted by Gasteiger charge is -2.33. The summed E-state index contributed by atoms with van der Waals surface area (Å²) in [5.74, 6) is 1.90. The number of likely N-dealkylation sites (tertiary alicyclic amines) is 1. The molecule has 6 heteroatoms. The van der Waals surface area contributed by atoms with E-state index in [1.54, 1.807) is 6.26 Å². The highest BCUT2D eigenvalue weighted by atomic mass is 16.5. The van der Waals surface area contributed by atoms with Gasteiger partial charge >= 0.3 is 0 Å². The first-order valence-electron chi connectivity index (χ1n) is 11.8. The minimum atomic E-state index is 0.255. The molecule has 0 spiro atoms. The van der Waals surface area contributed by atoms with Crippen LogP contribution in [0.15, 0.2) is 58.1 Å². The van der Waals surface area contributed by atoms with E-state index < -0.39 is 0 Å². The molecule has 1 aromatic carbocycles. The molecule has 1 aromatic heterocycles. The Labute approximate surface area is 186 Å². The highest BCUT2D eigenvalue weighted by molar-refractivity contribution is 5.80. The second-order valence-electron chi connectivity index (χ2n) is 8.61. The van der Waals surface area contributed by atoms with Crippen LogP contribution in [0.25, 0.3) is 0 Å². The topological polar surface area (TPSA) is 62.0 Å². The average Bonchev–Trinajstić information content (AvgIpc) is 3.34. The Morgan fingerprint density at radius 3 is 2.65 bits per heavy atom. The lowest BCUT2D eigenvalue weighted by Crippen LogP contribution is -2.49. The molecule has 31 heavy (non-hydrogen) atoms. The number of benzene rings is 1. The van der Waals surface area contributed by atoms with Crippen LogP contribution in [0.1, 0.15) is 43.4 Å². The van der Waals surface area contributed by atoms with E-state index in [1.165, 1.54) is 18.4 Å². The van der Waals surface area contributed by atoms with Crippen LogP contribution < -0.4 is 10.6 Å². The van der Waals surface area contributed by atoms with Crippen LogP contribution in [0.5, 0.6) is 0 Å². The summed E-state index contributed by atoms with van der Waals surface area (Å²) in [5, 5.41) is 7.19. The molecule has 2 aliphatic heterocycles. The van der Waals surface area contributed by atoms with Crippen molar-refractivity contribution in [3.8, 4) is 0 Å². The van der Waals surface area contributed by atoms with Gasteiger partial charge in [-0.3, -0.25) is 9.89 Å². The second-order valence-corrected chi connectivity index (χ2v) is 8.61. The van der Waals surface area contributed by atoms with Crippen molar-refractivity contribution < 1.29 is 9.15 Å². The van der Waals surface area contributed by atoms with Gasteiger partial charge in [0.2, 0.25) is 0 Å². The van der Waals surface area contributed by atoms with Gasteiger partial charge in [0.05, 0.1) is 18.9 Å². The number of rotatable bonds is 8. The lowest BCUT2D eigenvalue weighted by molar-refractivity contribution is 0.0224. The lowest BCUT2D eigenvalue weighted by atomic mass is 10.0. The molecule has 0 aliphatic carbocycles. The predicted molar refractivity (Wildman–Crippen MR) is 124 cm³/mol. The Balaban J connectivity index is 1.26. The third-order valence-electron chi connectivity index (χ3n) is 6.15. The molecule has 2 saturated heterocycles. The van der Waals surface area contributed by atoms with Crippen molar-refractivity contribution in [2.24, 2.45) is 4.99 Å². The zero-order chi connectivity index (χ0) is 21.1. The van der Waals surface area contributed by atoms with Crippen molar-refractivity contribution in [2.45, 2.75) is 57.2 Å². The minimum Gasteiger partial charge on any atom is -0.469 e. The zero-order valence-electron chi connectivity index (χ0n) is 18.5. The molecular formula is C25H36N4O2. The fourth-order valence-electron chi connectivity index (χ4n) is 4.33. The Bertz CT molecular complexity index is 764. The van der Waals surface area contributed by atoms with Gasteiger partial charge in [0, 0.05) is 45.2 Å². The number of hydrogen-bond acceptors (Lipinski definition) is 4. The number of piperidine rings is 1. The summed E-state index contributed by atoms with van der Waals surface area (Å²) in [6.45, 7) is 5.65. The summed E-state index contributed by atoms with van der Waals surface area (Å²) in [6, 6.07) is 15.2. The van der Waals surface area contributed by atoms with E-state index in [4.69, 9.17) is 14.1 Å². The Morgan fingerprint density at radius 2 is 1.90 bits per heavy atom. The molecule has 2 aromatic rings. The maximum absolute atomic E-state index is 5.87. The summed E-state index contributed by atoms with van der Waals surface area (Å²) in [5.41, 5.74) is 1.39. The van der Waals surface area contributed by atoms with Gasteiger partial charge in [-0.25, -0.2) is 0 Å². The first-order chi connectivity index (χ1) is 15.3. The Kier molecular flexibility index (Phi) is 8.42. The molecule has 6 nitrogen and oxygen atoms in total. The Morgan fingerprint density at radius 1 is 1.03 bits per heavy atom. The van der Waals surface area contributed by atoms with Gasteiger partial charge in [0.1, 0.15) is 5.76 Å². The maximum Gasteiger partial charge on any atom is 0.191 e. The summed E-state index contributed by atoms with van der Waals surface area (Å²) >= 11 is 0. The van der Waals surface area contributed by atoms with Gasteiger partial charge in [-0.2, -0.15) is 0 Å². The van der Waals surface area contributed by atoms with Crippen molar-refractivity contribution in [3.05, 3.63) is 60.1 Å². The first-order valence-corrected chi connectivity index (χ1v) is 11.8. The average molecular weight is 425 g/mol. The Hall–Kier alpha value is -2.31. The molecule has 3 heterocycles. The standard InChI is InChI=1S/C25H36N4O2/c1-2-7-21(8-3-1)20-29-15-12-22(13-16-29)28-25(26-14-11-23-10-6-18-30-23)27-19-24-9-4-5-17-31-24/h1-3,6-8,10,18,22,24H,4-5,9,11-17,19-20H2,(H2,26,27,28). The number of nitrogens with zero attached hydrogens (tertiary/aromatic N) is 2. The van der Waals surface area contributed by atoms with E-state index in [9.17, 15) is 0 Å². The van der Waals surface area contributed by atoms with Gasteiger partial charge in [-0.05, 0) is 49.8 Å². The molecule has 2 aliphatic rings. The summed E-state index contributed by atoms with van der Waals surface area (Å²) in [6.07, 6.45) is 8.63. The number of guanidine groups is 1.